The van der Waals surface area contributed by atoms with E-state index < -0.39 is 16.4 Å². The number of phenolic OH excluding ortho intramolecular Hbond substituents is 1. The van der Waals surface area contributed by atoms with Crippen LogP contribution in [0.3, 0.4) is 0 Å². The highest BCUT2D eigenvalue weighted by molar-refractivity contribution is 7.13. The summed E-state index contributed by atoms with van der Waals surface area (Å²) in [5.41, 5.74) is -0.285. The first kappa shape index (κ1) is 12.5. The van der Waals surface area contributed by atoms with E-state index in [1.54, 1.807) is 11.6 Å². The number of nitro benzene ring substituents is 1. The van der Waals surface area contributed by atoms with Crippen LogP contribution in [-0.2, 0) is 0 Å². The van der Waals surface area contributed by atoms with E-state index in [9.17, 15) is 15.2 Å². The third-order valence-corrected chi connectivity index (χ3v) is 2.91. The van der Waals surface area contributed by atoms with Crippen LogP contribution in [0.25, 0.3) is 0 Å². The summed E-state index contributed by atoms with van der Waals surface area (Å²) in [4.78, 5) is 17.9. The zero-order valence-corrected chi connectivity index (χ0v) is 10.4. The normalized spacial score (nSPS) is 10.9. The Morgan fingerprint density at radius 2 is 2.33 bits per heavy atom. The molecular formula is C10H6ClN3O3S. The molecule has 0 saturated heterocycles. The summed E-state index contributed by atoms with van der Waals surface area (Å²) >= 11 is 7.04. The number of rotatable bonds is 3. The van der Waals surface area contributed by atoms with E-state index in [-0.39, 0.29) is 10.6 Å². The van der Waals surface area contributed by atoms with E-state index in [0.717, 1.165) is 6.07 Å². The minimum atomic E-state index is -0.706. The summed E-state index contributed by atoms with van der Waals surface area (Å²) in [5.74, 6) is -0.468. The van der Waals surface area contributed by atoms with Crippen molar-refractivity contribution in [1.82, 2.24) is 4.98 Å². The lowest BCUT2D eigenvalue weighted by Gasteiger charge is -2.00. The summed E-state index contributed by atoms with van der Waals surface area (Å²) in [5, 5.41) is 22.8. The van der Waals surface area contributed by atoms with Crippen LogP contribution in [0.15, 0.2) is 28.7 Å². The van der Waals surface area contributed by atoms with E-state index in [4.69, 9.17) is 11.6 Å². The molecule has 0 spiro atoms. The van der Waals surface area contributed by atoms with Gasteiger partial charge in [0.05, 0.1) is 4.92 Å². The van der Waals surface area contributed by atoms with Crippen molar-refractivity contribution in [3.8, 4) is 5.75 Å². The Labute approximate surface area is 110 Å². The number of aliphatic imine (C=N–C) groups is 1. The van der Waals surface area contributed by atoms with Gasteiger partial charge in [0.1, 0.15) is 0 Å². The number of nitro groups is 1. The van der Waals surface area contributed by atoms with Crippen LogP contribution in [-0.4, -0.2) is 21.2 Å². The molecule has 0 amide bonds. The molecule has 0 bridgehead atoms. The van der Waals surface area contributed by atoms with E-state index in [2.05, 4.69) is 9.98 Å². The molecule has 0 aliphatic carbocycles. The molecule has 0 aliphatic heterocycles. The third-order valence-electron chi connectivity index (χ3n) is 2.01. The Kier molecular flexibility index (Phi) is 3.54. The fourth-order valence-electron chi connectivity index (χ4n) is 1.25. The molecule has 0 unspecified atom stereocenters. The minimum absolute atomic E-state index is 0.153. The molecule has 2 aromatic rings. The Hall–Kier alpha value is -1.99. The summed E-state index contributed by atoms with van der Waals surface area (Å²) < 4.78 is 0. The number of nitrogens with zero attached hydrogens (tertiary/aromatic N) is 3. The van der Waals surface area contributed by atoms with Gasteiger partial charge in [-0.2, -0.15) is 0 Å². The zero-order valence-electron chi connectivity index (χ0n) is 8.78. The topological polar surface area (TPSA) is 88.6 Å². The molecule has 1 heterocycles. The lowest BCUT2D eigenvalue weighted by atomic mass is 10.2. The molecular weight excluding hydrogens is 278 g/mol. The van der Waals surface area contributed by atoms with Crippen molar-refractivity contribution in [3.63, 3.8) is 0 Å². The van der Waals surface area contributed by atoms with E-state index in [1.165, 1.54) is 23.6 Å². The van der Waals surface area contributed by atoms with Gasteiger partial charge < -0.3 is 5.11 Å². The Balaban J connectivity index is 2.42. The van der Waals surface area contributed by atoms with Crippen LogP contribution in [0, 0.1) is 10.1 Å². The molecule has 0 radical (unpaired) electrons. The number of aromatic hydroxyl groups is 1. The van der Waals surface area contributed by atoms with Gasteiger partial charge in [0.2, 0.25) is 10.9 Å². The zero-order chi connectivity index (χ0) is 13.1. The Morgan fingerprint density at radius 3 is 2.94 bits per heavy atom. The molecule has 18 heavy (non-hydrogen) atoms. The second kappa shape index (κ2) is 5.11. The predicted molar refractivity (Wildman–Crippen MR) is 69.1 cm³/mol. The van der Waals surface area contributed by atoms with Gasteiger partial charge in [-0.05, 0) is 6.07 Å². The predicted octanol–water partition coefficient (Wildman–Crippen LogP) is 3.16. The standard InChI is InChI=1S/C10H6ClN3O3S/c11-7-3-6(5-13-10-12-1-2-18-10)9(15)8(4-7)14(16)17/h1-5,15H. The maximum Gasteiger partial charge on any atom is 0.312 e. The van der Waals surface area contributed by atoms with Gasteiger partial charge in [-0.25, -0.2) is 9.98 Å². The van der Waals surface area contributed by atoms with Gasteiger partial charge in [0.25, 0.3) is 0 Å². The van der Waals surface area contributed by atoms with Gasteiger partial charge in [0.15, 0.2) is 0 Å². The smallest absolute Gasteiger partial charge is 0.312 e. The largest absolute Gasteiger partial charge is 0.502 e. The number of benzene rings is 1. The molecule has 1 N–H and O–H groups in total. The highest BCUT2D eigenvalue weighted by Gasteiger charge is 2.17. The number of thiazole rings is 1. The van der Waals surface area contributed by atoms with Gasteiger partial charge >= 0.3 is 5.69 Å². The Morgan fingerprint density at radius 1 is 1.56 bits per heavy atom. The van der Waals surface area contributed by atoms with Crippen molar-refractivity contribution in [3.05, 3.63) is 44.4 Å². The van der Waals surface area contributed by atoms with Crippen molar-refractivity contribution in [2.75, 3.05) is 0 Å². The van der Waals surface area contributed by atoms with Crippen molar-refractivity contribution < 1.29 is 10.0 Å². The molecule has 0 saturated carbocycles. The van der Waals surface area contributed by atoms with E-state index >= 15 is 0 Å². The summed E-state index contributed by atoms with van der Waals surface area (Å²) in [6, 6.07) is 2.47. The average Bonchev–Trinajstić information content (AvgIpc) is 2.82. The molecule has 0 atom stereocenters. The fraction of sp³-hybridized carbons (Fsp3) is 0. The van der Waals surface area contributed by atoms with E-state index in [1.807, 2.05) is 0 Å². The molecule has 8 heteroatoms. The van der Waals surface area contributed by atoms with Crippen LogP contribution < -0.4 is 0 Å². The second-order valence-electron chi connectivity index (χ2n) is 3.19. The fourth-order valence-corrected chi connectivity index (χ4v) is 1.95. The lowest BCUT2D eigenvalue weighted by molar-refractivity contribution is -0.385. The van der Waals surface area contributed by atoms with Gasteiger partial charge in [-0.3, -0.25) is 10.1 Å². The summed E-state index contributed by atoms with van der Waals surface area (Å²) in [6.45, 7) is 0. The van der Waals surface area contributed by atoms with Crippen molar-refractivity contribution in [2.24, 2.45) is 4.99 Å². The Bertz CT molecular complexity index is 613. The number of hydrogen-bond acceptors (Lipinski definition) is 6. The SMILES string of the molecule is O=[N+]([O-])c1cc(Cl)cc(C=Nc2nccs2)c1O. The number of phenols is 1. The molecule has 0 aliphatic rings. The molecule has 0 fully saturated rings. The monoisotopic (exact) mass is 283 g/mol. The van der Waals surface area contributed by atoms with Gasteiger partial charge in [-0.1, -0.05) is 11.6 Å². The summed E-state index contributed by atoms with van der Waals surface area (Å²) in [6.07, 6.45) is 2.87. The summed E-state index contributed by atoms with van der Waals surface area (Å²) in [7, 11) is 0. The number of hydrogen-bond donors (Lipinski definition) is 1. The highest BCUT2D eigenvalue weighted by Crippen LogP contribution is 2.32. The first-order chi connectivity index (χ1) is 8.58. The molecule has 1 aromatic carbocycles. The maximum atomic E-state index is 10.7. The van der Waals surface area contributed by atoms with Gasteiger partial charge in [0, 0.05) is 34.4 Å². The van der Waals surface area contributed by atoms with Crippen LogP contribution in [0.5, 0.6) is 5.75 Å². The van der Waals surface area contributed by atoms with Crippen LogP contribution >= 0.6 is 22.9 Å². The minimum Gasteiger partial charge on any atom is -0.502 e. The molecule has 2 rings (SSSR count). The van der Waals surface area contributed by atoms with Gasteiger partial charge in [-0.15, -0.1) is 11.3 Å². The van der Waals surface area contributed by atoms with E-state index in [0.29, 0.717) is 5.13 Å². The molecule has 6 nitrogen and oxygen atoms in total. The first-order valence-corrected chi connectivity index (χ1v) is 5.94. The number of aromatic nitrogens is 1. The van der Waals surface area contributed by atoms with Crippen LogP contribution in [0.1, 0.15) is 5.56 Å². The van der Waals surface area contributed by atoms with Crippen molar-refractivity contribution in [1.29, 1.82) is 0 Å². The quantitative estimate of drug-likeness (QED) is 0.532. The van der Waals surface area contributed by atoms with Crippen molar-refractivity contribution in [2.45, 2.75) is 0 Å². The molecule has 92 valence electrons. The third kappa shape index (κ3) is 2.63. The molecule has 1 aromatic heterocycles. The van der Waals surface area contributed by atoms with Crippen LogP contribution in [0.4, 0.5) is 10.8 Å². The average molecular weight is 284 g/mol. The lowest BCUT2D eigenvalue weighted by Crippen LogP contribution is -1.92. The van der Waals surface area contributed by atoms with Crippen molar-refractivity contribution >= 4 is 40.0 Å². The highest BCUT2D eigenvalue weighted by atomic mass is 35.5. The van der Waals surface area contributed by atoms with Crippen LogP contribution in [0.2, 0.25) is 5.02 Å². The second-order valence-corrected chi connectivity index (χ2v) is 4.50. The first-order valence-electron chi connectivity index (χ1n) is 4.68. The number of halogens is 1. The maximum absolute atomic E-state index is 10.7.